The van der Waals surface area contributed by atoms with Crippen LogP contribution in [0.25, 0.3) is 0 Å². The van der Waals surface area contributed by atoms with Crippen LogP contribution in [0.4, 0.5) is 14.9 Å². The number of aliphatic hydroxyl groups is 1. The molecule has 0 radical (unpaired) electrons. The molecule has 0 fully saturated rings. The van der Waals surface area contributed by atoms with Crippen molar-refractivity contribution in [3.05, 3.63) is 66.0 Å². The number of urea groups is 1. The van der Waals surface area contributed by atoms with Crippen LogP contribution in [0.2, 0.25) is 0 Å². The van der Waals surface area contributed by atoms with Gasteiger partial charge in [0.2, 0.25) is 0 Å². The Morgan fingerprint density at radius 2 is 1.77 bits per heavy atom. The van der Waals surface area contributed by atoms with Gasteiger partial charge >= 0.3 is 6.03 Å². The minimum Gasteiger partial charge on any atom is -0.394 e. The van der Waals surface area contributed by atoms with Crippen LogP contribution < -0.4 is 10.6 Å². The predicted octanol–water partition coefficient (Wildman–Crippen LogP) is 3.25. The van der Waals surface area contributed by atoms with E-state index in [9.17, 15) is 14.3 Å². The monoisotopic (exact) mass is 302 g/mol. The Morgan fingerprint density at radius 3 is 2.36 bits per heavy atom. The van der Waals surface area contributed by atoms with Crippen molar-refractivity contribution in [2.75, 3.05) is 11.9 Å². The van der Waals surface area contributed by atoms with Gasteiger partial charge in [-0.1, -0.05) is 49.4 Å². The van der Waals surface area contributed by atoms with Gasteiger partial charge < -0.3 is 15.7 Å². The quantitative estimate of drug-likeness (QED) is 0.794. The van der Waals surface area contributed by atoms with Gasteiger partial charge in [-0.25, -0.2) is 9.18 Å². The summed E-state index contributed by atoms with van der Waals surface area (Å²) in [6, 6.07) is 14.6. The minimum absolute atomic E-state index is 0.0935. The molecule has 0 saturated carbocycles. The summed E-state index contributed by atoms with van der Waals surface area (Å²) in [5.74, 6) is -0.511. The molecule has 0 saturated heterocycles. The molecule has 1 atom stereocenters. The number of halogens is 1. The third-order valence-electron chi connectivity index (χ3n) is 3.67. The highest BCUT2D eigenvalue weighted by atomic mass is 19.1. The first kappa shape index (κ1) is 16.0. The second-order valence-electron chi connectivity index (χ2n) is 5.02. The summed E-state index contributed by atoms with van der Waals surface area (Å²) >= 11 is 0. The lowest BCUT2D eigenvalue weighted by atomic mass is 9.88. The van der Waals surface area contributed by atoms with Crippen molar-refractivity contribution >= 4 is 11.7 Å². The maximum Gasteiger partial charge on any atom is 0.320 e. The lowest BCUT2D eigenvalue weighted by molar-refractivity contribution is 0.159. The van der Waals surface area contributed by atoms with Crippen LogP contribution in [0.1, 0.15) is 18.9 Å². The van der Waals surface area contributed by atoms with Gasteiger partial charge in [-0.2, -0.15) is 0 Å². The average molecular weight is 302 g/mol. The molecule has 0 heterocycles. The maximum atomic E-state index is 13.6. The molecule has 2 aromatic carbocycles. The normalized spacial score (nSPS) is 13.2. The van der Waals surface area contributed by atoms with E-state index in [-0.39, 0.29) is 12.3 Å². The van der Waals surface area contributed by atoms with Crippen LogP contribution in [0.15, 0.2) is 54.6 Å². The summed E-state index contributed by atoms with van der Waals surface area (Å²) in [4.78, 5) is 12.2. The van der Waals surface area contributed by atoms with Crippen LogP contribution in [0, 0.1) is 5.82 Å². The fourth-order valence-electron chi connectivity index (χ4n) is 2.30. The van der Waals surface area contributed by atoms with Crippen LogP contribution in [0.3, 0.4) is 0 Å². The van der Waals surface area contributed by atoms with Crippen LogP contribution in [-0.4, -0.2) is 17.7 Å². The van der Waals surface area contributed by atoms with Gasteiger partial charge in [-0.3, -0.25) is 0 Å². The highest BCUT2D eigenvalue weighted by Crippen LogP contribution is 2.24. The van der Waals surface area contributed by atoms with E-state index >= 15 is 0 Å². The summed E-state index contributed by atoms with van der Waals surface area (Å²) in [6.07, 6.45) is 0.498. The Hall–Kier alpha value is -2.40. The van der Waals surface area contributed by atoms with Gasteiger partial charge in [0.25, 0.3) is 0 Å². The Morgan fingerprint density at radius 1 is 1.14 bits per heavy atom. The molecule has 2 amide bonds. The summed E-state index contributed by atoms with van der Waals surface area (Å²) in [7, 11) is 0. The maximum absolute atomic E-state index is 13.6. The zero-order valence-electron chi connectivity index (χ0n) is 12.3. The topological polar surface area (TPSA) is 61.4 Å². The van der Waals surface area contributed by atoms with E-state index in [1.807, 2.05) is 37.3 Å². The van der Waals surface area contributed by atoms with Gasteiger partial charge in [0.05, 0.1) is 17.8 Å². The third kappa shape index (κ3) is 3.43. The highest BCUT2D eigenvalue weighted by molar-refractivity contribution is 5.90. The highest BCUT2D eigenvalue weighted by Gasteiger charge is 2.31. The zero-order chi connectivity index (χ0) is 16.0. The van der Waals surface area contributed by atoms with Gasteiger partial charge in [0.15, 0.2) is 0 Å². The van der Waals surface area contributed by atoms with E-state index in [1.54, 1.807) is 12.1 Å². The Bertz CT molecular complexity index is 628. The number of hydrogen-bond acceptors (Lipinski definition) is 2. The second kappa shape index (κ2) is 7.04. The first-order valence-corrected chi connectivity index (χ1v) is 7.11. The molecule has 0 spiro atoms. The molecule has 0 aliphatic carbocycles. The molecule has 22 heavy (non-hydrogen) atoms. The molecule has 3 N–H and O–H groups in total. The summed E-state index contributed by atoms with van der Waals surface area (Å²) in [5.41, 5.74) is -0.0176. The van der Waals surface area contributed by atoms with Gasteiger partial charge in [-0.15, -0.1) is 0 Å². The molecule has 4 nitrogen and oxygen atoms in total. The molecule has 5 heteroatoms. The van der Waals surface area contributed by atoms with Crippen molar-refractivity contribution < 1.29 is 14.3 Å². The fourth-order valence-corrected chi connectivity index (χ4v) is 2.30. The van der Waals surface area contributed by atoms with Gasteiger partial charge in [-0.05, 0) is 24.1 Å². The summed E-state index contributed by atoms with van der Waals surface area (Å²) in [6.45, 7) is 1.62. The van der Waals surface area contributed by atoms with Gasteiger partial charge in [0, 0.05) is 0 Å². The standard InChI is InChI=1S/C17H19FN2O2/c1-2-17(12-21,13-8-4-3-5-9-13)20-16(22)19-15-11-7-6-10-14(15)18/h3-11,21H,2,12H2,1H3,(H2,19,20,22)/t17-/m1/s1. The summed E-state index contributed by atoms with van der Waals surface area (Å²) < 4.78 is 13.6. The average Bonchev–Trinajstić information content (AvgIpc) is 2.56. The fraction of sp³-hybridized carbons (Fsp3) is 0.235. The zero-order valence-corrected chi connectivity index (χ0v) is 12.3. The van der Waals surface area contributed by atoms with Crippen molar-refractivity contribution in [2.45, 2.75) is 18.9 Å². The van der Waals surface area contributed by atoms with E-state index in [0.717, 1.165) is 5.56 Å². The number of carbonyl (C=O) groups excluding carboxylic acids is 1. The summed E-state index contributed by atoms with van der Waals surface area (Å²) in [5, 5.41) is 15.0. The number of nitrogens with one attached hydrogen (secondary N) is 2. The van der Waals surface area contributed by atoms with Crippen LogP contribution in [-0.2, 0) is 5.54 Å². The van der Waals surface area contributed by atoms with Crippen molar-refractivity contribution in [2.24, 2.45) is 0 Å². The lowest BCUT2D eigenvalue weighted by Crippen LogP contribution is -2.50. The smallest absolute Gasteiger partial charge is 0.320 e. The second-order valence-corrected chi connectivity index (χ2v) is 5.02. The first-order chi connectivity index (χ1) is 10.6. The van der Waals surface area contributed by atoms with Crippen molar-refractivity contribution in [3.8, 4) is 0 Å². The number of anilines is 1. The number of carbonyl (C=O) groups is 1. The number of aliphatic hydroxyl groups excluding tert-OH is 1. The van der Waals surface area contributed by atoms with Crippen molar-refractivity contribution in [1.82, 2.24) is 5.32 Å². The van der Waals surface area contributed by atoms with E-state index < -0.39 is 17.4 Å². The molecule has 2 aromatic rings. The van der Waals surface area contributed by atoms with E-state index in [1.165, 1.54) is 12.1 Å². The van der Waals surface area contributed by atoms with E-state index in [4.69, 9.17) is 0 Å². The minimum atomic E-state index is -0.906. The van der Waals surface area contributed by atoms with Crippen molar-refractivity contribution in [3.63, 3.8) is 0 Å². The SMILES string of the molecule is CC[C@](CO)(NC(=O)Nc1ccccc1F)c1ccccc1. The number of benzene rings is 2. The van der Waals surface area contributed by atoms with Crippen LogP contribution >= 0.6 is 0 Å². The molecule has 0 bridgehead atoms. The van der Waals surface area contributed by atoms with E-state index in [0.29, 0.717) is 6.42 Å². The molecule has 0 unspecified atom stereocenters. The van der Waals surface area contributed by atoms with Crippen LogP contribution in [0.5, 0.6) is 0 Å². The Labute approximate surface area is 129 Å². The molecular weight excluding hydrogens is 283 g/mol. The number of amides is 2. The molecule has 0 aromatic heterocycles. The van der Waals surface area contributed by atoms with Crippen molar-refractivity contribution in [1.29, 1.82) is 0 Å². The molecule has 0 aliphatic rings. The molecule has 116 valence electrons. The largest absolute Gasteiger partial charge is 0.394 e. The molecular formula is C17H19FN2O2. The molecule has 2 rings (SSSR count). The first-order valence-electron chi connectivity index (χ1n) is 7.11. The number of para-hydroxylation sites is 1. The predicted molar refractivity (Wildman–Crippen MR) is 84.1 cm³/mol. The number of hydrogen-bond donors (Lipinski definition) is 3. The Kier molecular flexibility index (Phi) is 5.12. The Balaban J connectivity index is 2.18. The third-order valence-corrected chi connectivity index (χ3v) is 3.67. The lowest BCUT2D eigenvalue weighted by Gasteiger charge is -2.32. The van der Waals surface area contributed by atoms with Gasteiger partial charge in [0.1, 0.15) is 5.82 Å². The number of rotatable bonds is 5. The van der Waals surface area contributed by atoms with E-state index in [2.05, 4.69) is 10.6 Å². The molecule has 0 aliphatic heterocycles.